The summed E-state index contributed by atoms with van der Waals surface area (Å²) in [6, 6.07) is 12.5. The molecule has 1 unspecified atom stereocenters. The molecule has 100 valence electrons. The molecule has 0 saturated heterocycles. The van der Waals surface area contributed by atoms with E-state index in [1.807, 2.05) is 38.1 Å². The van der Waals surface area contributed by atoms with E-state index in [4.69, 9.17) is 5.73 Å². The van der Waals surface area contributed by atoms with E-state index in [1.54, 1.807) is 11.8 Å². The molecular weight excluding hydrogens is 254 g/mol. The van der Waals surface area contributed by atoms with E-state index in [2.05, 4.69) is 22.1 Å². The Balaban J connectivity index is 2.05. The highest BCUT2D eigenvalue weighted by molar-refractivity contribution is 7.98. The van der Waals surface area contributed by atoms with Gasteiger partial charge in [-0.25, -0.2) is 9.97 Å². The van der Waals surface area contributed by atoms with Gasteiger partial charge in [0.15, 0.2) is 0 Å². The maximum Gasteiger partial charge on any atom is 0.139 e. The lowest BCUT2D eigenvalue weighted by atomic mass is 10.2. The predicted molar refractivity (Wildman–Crippen MR) is 80.1 cm³/mol. The smallest absolute Gasteiger partial charge is 0.139 e. The number of nitrogens with zero attached hydrogens (tertiary/aromatic N) is 2. The van der Waals surface area contributed by atoms with Crippen molar-refractivity contribution >= 4 is 11.8 Å². The first-order valence-electron chi connectivity index (χ1n) is 6.40. The zero-order valence-electron chi connectivity index (χ0n) is 11.3. The van der Waals surface area contributed by atoms with Gasteiger partial charge in [-0.15, -0.1) is 11.8 Å². The fourth-order valence-electron chi connectivity index (χ4n) is 1.86. The highest BCUT2D eigenvalue weighted by Gasteiger charge is 2.05. The maximum atomic E-state index is 5.82. The number of aromatic nitrogens is 2. The number of benzene rings is 1. The maximum absolute atomic E-state index is 5.82. The summed E-state index contributed by atoms with van der Waals surface area (Å²) in [6.07, 6.45) is 0.798. The van der Waals surface area contributed by atoms with E-state index in [0.29, 0.717) is 0 Å². The van der Waals surface area contributed by atoms with Crippen molar-refractivity contribution < 1.29 is 0 Å². The van der Waals surface area contributed by atoms with Crippen molar-refractivity contribution in [2.45, 2.75) is 37.0 Å². The topological polar surface area (TPSA) is 51.8 Å². The first kappa shape index (κ1) is 14.0. The van der Waals surface area contributed by atoms with Crippen LogP contribution in [0.5, 0.6) is 0 Å². The first-order chi connectivity index (χ1) is 9.13. The first-order valence-corrected chi connectivity index (χ1v) is 7.39. The van der Waals surface area contributed by atoms with Gasteiger partial charge >= 0.3 is 0 Å². The van der Waals surface area contributed by atoms with Crippen molar-refractivity contribution in [1.82, 2.24) is 9.97 Å². The fraction of sp³-hybridized carbons (Fsp3) is 0.333. The molecule has 0 spiro atoms. The molecule has 4 heteroatoms. The van der Waals surface area contributed by atoms with Crippen molar-refractivity contribution in [3.05, 3.63) is 53.6 Å². The van der Waals surface area contributed by atoms with Crippen LogP contribution in [0.1, 0.15) is 24.1 Å². The Kier molecular flexibility index (Phi) is 4.93. The molecule has 1 atom stereocenters. The van der Waals surface area contributed by atoms with Crippen LogP contribution in [-0.4, -0.2) is 16.0 Å². The van der Waals surface area contributed by atoms with Gasteiger partial charge in [0.05, 0.1) is 5.75 Å². The molecule has 0 saturated carbocycles. The van der Waals surface area contributed by atoms with Gasteiger partial charge in [0.1, 0.15) is 5.82 Å². The van der Waals surface area contributed by atoms with Crippen LogP contribution in [0.2, 0.25) is 0 Å². The van der Waals surface area contributed by atoms with Crippen molar-refractivity contribution in [3.63, 3.8) is 0 Å². The Labute approximate surface area is 118 Å². The number of rotatable bonds is 5. The molecule has 0 aliphatic heterocycles. The second-order valence-corrected chi connectivity index (χ2v) is 5.75. The third-order valence-corrected chi connectivity index (χ3v) is 3.60. The number of aryl methyl sites for hydroxylation is 1. The quantitative estimate of drug-likeness (QED) is 0.851. The summed E-state index contributed by atoms with van der Waals surface area (Å²) in [4.78, 5) is 10.3. The molecule has 1 aromatic carbocycles. The third-order valence-electron chi connectivity index (χ3n) is 2.60. The van der Waals surface area contributed by atoms with Crippen molar-refractivity contribution in [1.29, 1.82) is 0 Å². The number of thioether (sulfide) groups is 1. The van der Waals surface area contributed by atoms with Crippen LogP contribution in [0.15, 0.2) is 41.3 Å². The Morgan fingerprint density at radius 2 is 1.95 bits per heavy atom. The van der Waals surface area contributed by atoms with Crippen LogP contribution in [0.25, 0.3) is 0 Å². The molecule has 19 heavy (non-hydrogen) atoms. The monoisotopic (exact) mass is 273 g/mol. The van der Waals surface area contributed by atoms with E-state index in [9.17, 15) is 0 Å². The second kappa shape index (κ2) is 6.68. The van der Waals surface area contributed by atoms with E-state index in [1.165, 1.54) is 4.90 Å². The van der Waals surface area contributed by atoms with Crippen molar-refractivity contribution in [2.24, 2.45) is 5.73 Å². The molecule has 1 heterocycles. The lowest BCUT2D eigenvalue weighted by Gasteiger charge is -2.08. The second-order valence-electron chi connectivity index (χ2n) is 4.70. The highest BCUT2D eigenvalue weighted by Crippen LogP contribution is 2.20. The van der Waals surface area contributed by atoms with Gasteiger partial charge < -0.3 is 5.73 Å². The number of hydrogen-bond donors (Lipinski definition) is 1. The van der Waals surface area contributed by atoms with Gasteiger partial charge in [-0.05, 0) is 32.0 Å². The molecule has 0 aliphatic rings. The minimum absolute atomic E-state index is 0.129. The molecule has 0 fully saturated rings. The Morgan fingerprint density at radius 3 is 2.63 bits per heavy atom. The van der Waals surface area contributed by atoms with Crippen LogP contribution in [0, 0.1) is 6.92 Å². The van der Waals surface area contributed by atoms with Crippen LogP contribution >= 0.6 is 11.8 Å². The molecule has 0 amide bonds. The fourth-order valence-corrected chi connectivity index (χ4v) is 2.64. The summed E-state index contributed by atoms with van der Waals surface area (Å²) >= 11 is 1.75. The van der Waals surface area contributed by atoms with Gasteiger partial charge in [-0.2, -0.15) is 0 Å². The number of nitrogens with two attached hydrogens (primary N) is 1. The van der Waals surface area contributed by atoms with Gasteiger partial charge in [0.25, 0.3) is 0 Å². The minimum Gasteiger partial charge on any atom is -0.328 e. The summed E-state index contributed by atoms with van der Waals surface area (Å²) in [5, 5.41) is 0. The van der Waals surface area contributed by atoms with Crippen LogP contribution in [0.3, 0.4) is 0 Å². The number of hydrogen-bond acceptors (Lipinski definition) is 4. The van der Waals surface area contributed by atoms with Crippen LogP contribution in [0.4, 0.5) is 0 Å². The normalized spacial score (nSPS) is 12.4. The molecule has 2 aromatic rings. The van der Waals surface area contributed by atoms with Gasteiger partial charge in [-0.3, -0.25) is 0 Å². The molecule has 0 aliphatic carbocycles. The van der Waals surface area contributed by atoms with Gasteiger partial charge in [0.2, 0.25) is 0 Å². The largest absolute Gasteiger partial charge is 0.328 e. The average Bonchev–Trinajstić information content (AvgIpc) is 2.36. The van der Waals surface area contributed by atoms with Gasteiger partial charge in [0, 0.05) is 28.7 Å². The van der Waals surface area contributed by atoms with Crippen LogP contribution < -0.4 is 5.73 Å². The SMILES string of the molecule is Cc1cc(CC(C)N)nc(CSc2ccccc2)n1. The molecule has 1 aromatic heterocycles. The predicted octanol–water partition coefficient (Wildman–Crippen LogP) is 2.97. The molecule has 0 bridgehead atoms. The van der Waals surface area contributed by atoms with Gasteiger partial charge in [-0.1, -0.05) is 18.2 Å². The Hall–Kier alpha value is -1.39. The minimum atomic E-state index is 0.129. The van der Waals surface area contributed by atoms with Crippen LogP contribution in [-0.2, 0) is 12.2 Å². The van der Waals surface area contributed by atoms with E-state index in [-0.39, 0.29) is 6.04 Å². The van der Waals surface area contributed by atoms with Crippen molar-refractivity contribution in [2.75, 3.05) is 0 Å². The molecule has 2 rings (SSSR count). The molecule has 3 nitrogen and oxygen atoms in total. The summed E-state index contributed by atoms with van der Waals surface area (Å²) in [7, 11) is 0. The standard InChI is InChI=1S/C15H19N3S/c1-11(16)8-13-9-12(2)17-15(18-13)10-19-14-6-4-3-5-7-14/h3-7,9,11H,8,10,16H2,1-2H3. The lowest BCUT2D eigenvalue weighted by molar-refractivity contribution is 0.713. The molecule has 2 N–H and O–H groups in total. The molecular formula is C15H19N3S. The Morgan fingerprint density at radius 1 is 1.21 bits per heavy atom. The molecule has 0 radical (unpaired) electrons. The third kappa shape index (κ3) is 4.65. The lowest BCUT2D eigenvalue weighted by Crippen LogP contribution is -2.19. The summed E-state index contributed by atoms with van der Waals surface area (Å²) < 4.78 is 0. The van der Waals surface area contributed by atoms with E-state index < -0.39 is 0 Å². The van der Waals surface area contributed by atoms with E-state index >= 15 is 0 Å². The van der Waals surface area contributed by atoms with Crippen molar-refractivity contribution in [3.8, 4) is 0 Å². The summed E-state index contributed by atoms with van der Waals surface area (Å²) in [5.74, 6) is 1.67. The Bertz CT molecular complexity index is 526. The van der Waals surface area contributed by atoms with E-state index in [0.717, 1.165) is 29.4 Å². The zero-order valence-corrected chi connectivity index (χ0v) is 12.2. The average molecular weight is 273 g/mol. The summed E-state index contributed by atoms with van der Waals surface area (Å²) in [6.45, 7) is 4.00. The highest BCUT2D eigenvalue weighted by atomic mass is 32.2. The zero-order chi connectivity index (χ0) is 13.7. The summed E-state index contributed by atoms with van der Waals surface area (Å²) in [5.41, 5.74) is 7.87.